The molecule has 1 rings (SSSR count). The SMILES string of the molecule is CSCCN(C)c1c(CCl)c(C)nn1C. The summed E-state index contributed by atoms with van der Waals surface area (Å²) >= 11 is 7.79. The number of aryl methyl sites for hydroxylation is 2. The summed E-state index contributed by atoms with van der Waals surface area (Å²) in [6, 6.07) is 0. The predicted molar refractivity (Wildman–Crippen MR) is 69.2 cm³/mol. The van der Waals surface area contributed by atoms with Crippen LogP contribution in [0.2, 0.25) is 0 Å². The second-order valence-electron chi connectivity index (χ2n) is 3.56. The summed E-state index contributed by atoms with van der Waals surface area (Å²) in [6.07, 6.45) is 2.12. The number of anilines is 1. The molecule has 3 nitrogen and oxygen atoms in total. The van der Waals surface area contributed by atoms with E-state index in [0.29, 0.717) is 5.88 Å². The average Bonchev–Trinajstić information content (AvgIpc) is 2.49. The number of hydrogen-bond donors (Lipinski definition) is 0. The fraction of sp³-hybridized carbons (Fsp3) is 0.700. The first-order valence-corrected chi connectivity index (χ1v) is 6.83. The molecule has 0 aliphatic carbocycles. The molecule has 0 aliphatic heterocycles. The third-order valence-electron chi connectivity index (χ3n) is 2.44. The first-order chi connectivity index (χ1) is 7.11. The summed E-state index contributed by atoms with van der Waals surface area (Å²) in [5.41, 5.74) is 2.17. The van der Waals surface area contributed by atoms with Crippen molar-refractivity contribution in [2.24, 2.45) is 7.05 Å². The van der Waals surface area contributed by atoms with E-state index in [1.54, 1.807) is 0 Å². The molecule has 0 amide bonds. The van der Waals surface area contributed by atoms with Gasteiger partial charge in [0.15, 0.2) is 0 Å². The number of halogens is 1. The van der Waals surface area contributed by atoms with Gasteiger partial charge in [0, 0.05) is 32.0 Å². The molecule has 0 saturated heterocycles. The highest BCUT2D eigenvalue weighted by Crippen LogP contribution is 2.23. The minimum Gasteiger partial charge on any atom is -0.359 e. The van der Waals surface area contributed by atoms with Gasteiger partial charge in [-0.1, -0.05) is 0 Å². The summed E-state index contributed by atoms with van der Waals surface area (Å²) in [4.78, 5) is 2.22. The molecule has 0 spiro atoms. The molecule has 0 bridgehead atoms. The summed E-state index contributed by atoms with van der Waals surface area (Å²) in [7, 11) is 4.05. The average molecular weight is 248 g/mol. The van der Waals surface area contributed by atoms with Crippen LogP contribution in [-0.2, 0) is 12.9 Å². The Morgan fingerprint density at radius 1 is 1.53 bits per heavy atom. The summed E-state index contributed by atoms with van der Waals surface area (Å²) in [5.74, 6) is 2.78. The second kappa shape index (κ2) is 5.66. The van der Waals surface area contributed by atoms with Crippen molar-refractivity contribution in [3.63, 3.8) is 0 Å². The van der Waals surface area contributed by atoms with Gasteiger partial charge in [0.2, 0.25) is 0 Å². The van der Waals surface area contributed by atoms with Gasteiger partial charge < -0.3 is 4.90 Å². The number of hydrogen-bond acceptors (Lipinski definition) is 3. The van der Waals surface area contributed by atoms with E-state index in [9.17, 15) is 0 Å². The molecule has 0 saturated carbocycles. The van der Waals surface area contributed by atoms with Crippen LogP contribution in [0.15, 0.2) is 0 Å². The molecular formula is C10H18ClN3S. The molecule has 0 N–H and O–H groups in total. The zero-order valence-electron chi connectivity index (χ0n) is 9.75. The Morgan fingerprint density at radius 3 is 2.73 bits per heavy atom. The second-order valence-corrected chi connectivity index (χ2v) is 4.81. The monoisotopic (exact) mass is 247 g/mol. The molecule has 1 heterocycles. The van der Waals surface area contributed by atoms with Crippen molar-refractivity contribution in [3.8, 4) is 0 Å². The van der Waals surface area contributed by atoms with Gasteiger partial charge in [-0.25, -0.2) is 0 Å². The van der Waals surface area contributed by atoms with Gasteiger partial charge in [-0.2, -0.15) is 16.9 Å². The van der Waals surface area contributed by atoms with Crippen LogP contribution in [0, 0.1) is 6.92 Å². The molecule has 0 aliphatic rings. The number of aromatic nitrogens is 2. The maximum absolute atomic E-state index is 5.94. The number of nitrogens with zero attached hydrogens (tertiary/aromatic N) is 3. The fourth-order valence-corrected chi connectivity index (χ4v) is 2.43. The van der Waals surface area contributed by atoms with E-state index in [0.717, 1.165) is 29.4 Å². The zero-order chi connectivity index (χ0) is 11.4. The highest BCUT2D eigenvalue weighted by molar-refractivity contribution is 7.98. The molecule has 86 valence electrons. The molecule has 0 radical (unpaired) electrons. The lowest BCUT2D eigenvalue weighted by molar-refractivity contribution is 0.734. The molecular weight excluding hydrogens is 230 g/mol. The molecule has 1 aromatic rings. The van der Waals surface area contributed by atoms with Gasteiger partial charge in [0.1, 0.15) is 5.82 Å². The standard InChI is InChI=1S/C10H18ClN3S/c1-8-9(7-11)10(14(3)12-8)13(2)5-6-15-4/h5-7H2,1-4H3. The highest BCUT2D eigenvalue weighted by Gasteiger charge is 2.15. The number of alkyl halides is 1. The van der Waals surface area contributed by atoms with Crippen LogP contribution in [-0.4, -0.2) is 35.4 Å². The lowest BCUT2D eigenvalue weighted by Crippen LogP contribution is -2.23. The van der Waals surface area contributed by atoms with Crippen LogP contribution in [0.25, 0.3) is 0 Å². The van der Waals surface area contributed by atoms with Crippen LogP contribution in [0.4, 0.5) is 5.82 Å². The number of rotatable bonds is 5. The summed E-state index contributed by atoms with van der Waals surface area (Å²) < 4.78 is 1.91. The Hall–Kier alpha value is -0.350. The number of thioether (sulfide) groups is 1. The van der Waals surface area contributed by atoms with Crippen molar-refractivity contribution in [2.75, 3.05) is 30.5 Å². The predicted octanol–water partition coefficient (Wildman–Crippen LogP) is 2.27. The van der Waals surface area contributed by atoms with Gasteiger partial charge in [-0.3, -0.25) is 4.68 Å². The van der Waals surface area contributed by atoms with Gasteiger partial charge in [0.05, 0.1) is 11.6 Å². The minimum absolute atomic E-state index is 0.526. The van der Waals surface area contributed by atoms with Crippen LogP contribution >= 0.6 is 23.4 Å². The van der Waals surface area contributed by atoms with E-state index in [4.69, 9.17) is 11.6 Å². The molecule has 0 unspecified atom stereocenters. The van der Waals surface area contributed by atoms with Crippen LogP contribution in [0.3, 0.4) is 0 Å². The normalized spacial score (nSPS) is 10.7. The third kappa shape index (κ3) is 2.82. The zero-order valence-corrected chi connectivity index (χ0v) is 11.3. The van der Waals surface area contributed by atoms with Crippen molar-refractivity contribution in [3.05, 3.63) is 11.3 Å². The van der Waals surface area contributed by atoms with Crippen LogP contribution < -0.4 is 4.90 Å². The Kier molecular flexibility index (Phi) is 4.80. The molecule has 0 atom stereocenters. The maximum Gasteiger partial charge on any atom is 0.131 e. The van der Waals surface area contributed by atoms with Gasteiger partial charge >= 0.3 is 0 Å². The summed E-state index contributed by atoms with van der Waals surface area (Å²) in [5, 5.41) is 4.39. The van der Waals surface area contributed by atoms with E-state index in [2.05, 4.69) is 23.3 Å². The van der Waals surface area contributed by atoms with Gasteiger partial charge in [-0.05, 0) is 13.2 Å². The Bertz CT molecular complexity index is 325. The third-order valence-corrected chi connectivity index (χ3v) is 3.30. The van der Waals surface area contributed by atoms with Crippen LogP contribution in [0.1, 0.15) is 11.3 Å². The smallest absolute Gasteiger partial charge is 0.131 e. The van der Waals surface area contributed by atoms with Crippen molar-refractivity contribution in [1.29, 1.82) is 0 Å². The largest absolute Gasteiger partial charge is 0.359 e. The van der Waals surface area contributed by atoms with Crippen molar-refractivity contribution in [1.82, 2.24) is 9.78 Å². The summed E-state index contributed by atoms with van der Waals surface area (Å²) in [6.45, 7) is 3.02. The first kappa shape index (κ1) is 12.7. The van der Waals surface area contributed by atoms with Crippen molar-refractivity contribution < 1.29 is 0 Å². The molecule has 15 heavy (non-hydrogen) atoms. The van der Waals surface area contributed by atoms with Gasteiger partial charge in [0.25, 0.3) is 0 Å². The lowest BCUT2D eigenvalue weighted by atomic mass is 10.2. The Morgan fingerprint density at radius 2 is 2.20 bits per heavy atom. The van der Waals surface area contributed by atoms with E-state index >= 15 is 0 Å². The van der Waals surface area contributed by atoms with Crippen molar-refractivity contribution >= 4 is 29.2 Å². The Balaban J connectivity index is 2.91. The molecule has 0 fully saturated rings. The first-order valence-electron chi connectivity index (χ1n) is 4.90. The van der Waals surface area contributed by atoms with Crippen LogP contribution in [0.5, 0.6) is 0 Å². The molecule has 0 aromatic carbocycles. The Labute approximate surface area is 101 Å². The van der Waals surface area contributed by atoms with E-state index in [1.807, 2.05) is 30.4 Å². The van der Waals surface area contributed by atoms with E-state index < -0.39 is 0 Å². The van der Waals surface area contributed by atoms with E-state index in [1.165, 1.54) is 0 Å². The molecule has 1 aromatic heterocycles. The van der Waals surface area contributed by atoms with E-state index in [-0.39, 0.29) is 0 Å². The highest BCUT2D eigenvalue weighted by atomic mass is 35.5. The molecule has 5 heteroatoms. The topological polar surface area (TPSA) is 21.1 Å². The fourth-order valence-electron chi connectivity index (χ4n) is 1.66. The maximum atomic E-state index is 5.94. The minimum atomic E-state index is 0.526. The van der Waals surface area contributed by atoms with Crippen molar-refractivity contribution in [2.45, 2.75) is 12.8 Å². The van der Waals surface area contributed by atoms with Gasteiger partial charge in [-0.15, -0.1) is 11.6 Å². The lowest BCUT2D eigenvalue weighted by Gasteiger charge is -2.20. The quantitative estimate of drug-likeness (QED) is 0.745.